The number of nitrogens with zero attached hydrogens (tertiary/aromatic N) is 5. The van der Waals surface area contributed by atoms with Crippen LogP contribution < -0.4 is 0 Å². The number of rotatable bonds is 5. The maximum atomic E-state index is 11.0. The van der Waals surface area contributed by atoms with Gasteiger partial charge in [0.15, 0.2) is 0 Å². The fourth-order valence-corrected chi connectivity index (χ4v) is 1.70. The number of H-pyrrole nitrogens is 1. The second-order valence-electron chi connectivity index (χ2n) is 3.77. The number of aromatic amines is 1. The number of azide groups is 1. The van der Waals surface area contributed by atoms with Crippen molar-refractivity contribution in [3.8, 4) is 0 Å². The molecule has 0 aliphatic rings. The topological polar surface area (TPSA) is 121 Å². The Kier molecular flexibility index (Phi) is 3.75. The first-order valence-corrected chi connectivity index (χ1v) is 5.51. The Balaban J connectivity index is 2.28. The van der Waals surface area contributed by atoms with Crippen molar-refractivity contribution in [1.29, 1.82) is 0 Å². The summed E-state index contributed by atoms with van der Waals surface area (Å²) in [6, 6.07) is 3.27. The molecule has 0 fully saturated rings. The number of fused-ring (bicyclic) bond motifs is 1. The molecule has 1 N–H and O–H groups in total. The van der Waals surface area contributed by atoms with E-state index >= 15 is 0 Å². The molecular formula is C11H10N6O2. The third-order valence-electron chi connectivity index (χ3n) is 2.53. The van der Waals surface area contributed by atoms with E-state index in [2.05, 4.69) is 20.2 Å². The predicted molar refractivity (Wildman–Crippen MR) is 70.4 cm³/mol. The van der Waals surface area contributed by atoms with Crippen molar-refractivity contribution < 1.29 is 4.92 Å². The molecule has 0 atom stereocenters. The molecule has 1 aromatic carbocycles. The maximum absolute atomic E-state index is 11.0. The van der Waals surface area contributed by atoms with E-state index in [1.807, 2.05) is 0 Å². The number of hydrogen-bond donors (Lipinski definition) is 1. The number of nitrogens with one attached hydrogen (secondary N) is 1. The molecule has 0 saturated heterocycles. The van der Waals surface area contributed by atoms with Crippen LogP contribution in [-0.2, 0) is 0 Å². The van der Waals surface area contributed by atoms with Gasteiger partial charge in [-0.05, 0) is 23.6 Å². The number of benzene rings is 1. The van der Waals surface area contributed by atoms with E-state index in [-0.39, 0.29) is 5.69 Å². The van der Waals surface area contributed by atoms with Crippen molar-refractivity contribution in [1.82, 2.24) is 10.2 Å². The molecule has 0 saturated carbocycles. The minimum absolute atomic E-state index is 0.0148. The second-order valence-corrected chi connectivity index (χ2v) is 3.77. The Bertz CT molecular complexity index is 684. The summed E-state index contributed by atoms with van der Waals surface area (Å²) in [7, 11) is 0. The highest BCUT2D eigenvalue weighted by Gasteiger charge is 2.14. The first kappa shape index (κ1) is 12.6. The summed E-state index contributed by atoms with van der Waals surface area (Å²) in [5, 5.41) is 21.4. The molecule has 8 nitrogen and oxygen atoms in total. The van der Waals surface area contributed by atoms with Gasteiger partial charge in [-0.25, -0.2) is 0 Å². The Labute approximate surface area is 107 Å². The molecule has 0 spiro atoms. The lowest BCUT2D eigenvalue weighted by atomic mass is 10.1. The fraction of sp³-hybridized carbons (Fsp3) is 0.182. The van der Waals surface area contributed by atoms with Crippen LogP contribution in [0.25, 0.3) is 27.4 Å². The summed E-state index contributed by atoms with van der Waals surface area (Å²) in [5.41, 5.74) is 9.45. The van der Waals surface area contributed by atoms with Gasteiger partial charge in [0.25, 0.3) is 5.69 Å². The predicted octanol–water partition coefficient (Wildman–Crippen LogP) is 3.18. The SMILES string of the molecule is [N-]=[N+]=NCCC=Cc1cc([N+](=O)[O-])c2cn[nH]c2c1. The lowest BCUT2D eigenvalue weighted by molar-refractivity contribution is -0.383. The highest BCUT2D eigenvalue weighted by atomic mass is 16.6. The summed E-state index contributed by atoms with van der Waals surface area (Å²) >= 11 is 0. The summed E-state index contributed by atoms with van der Waals surface area (Å²) in [6.07, 6.45) is 5.57. The molecule has 96 valence electrons. The van der Waals surface area contributed by atoms with Crippen molar-refractivity contribution in [2.24, 2.45) is 5.11 Å². The van der Waals surface area contributed by atoms with E-state index in [1.165, 1.54) is 12.3 Å². The molecule has 1 aromatic heterocycles. The van der Waals surface area contributed by atoms with Crippen LogP contribution in [-0.4, -0.2) is 21.7 Å². The maximum Gasteiger partial charge on any atom is 0.280 e. The van der Waals surface area contributed by atoms with Gasteiger partial charge in [0.05, 0.1) is 22.0 Å². The Morgan fingerprint density at radius 2 is 2.42 bits per heavy atom. The van der Waals surface area contributed by atoms with Gasteiger partial charge >= 0.3 is 0 Å². The van der Waals surface area contributed by atoms with E-state index in [1.54, 1.807) is 18.2 Å². The number of aromatic nitrogens is 2. The van der Waals surface area contributed by atoms with Gasteiger partial charge in [0, 0.05) is 17.5 Å². The largest absolute Gasteiger partial charge is 0.280 e. The minimum Gasteiger partial charge on any atom is -0.278 e. The summed E-state index contributed by atoms with van der Waals surface area (Å²) in [4.78, 5) is 13.2. The quantitative estimate of drug-likeness (QED) is 0.221. The first-order valence-electron chi connectivity index (χ1n) is 5.51. The van der Waals surface area contributed by atoms with Crippen LogP contribution in [0.1, 0.15) is 12.0 Å². The number of hydrogen-bond acceptors (Lipinski definition) is 4. The van der Waals surface area contributed by atoms with Crippen molar-refractivity contribution in [3.05, 3.63) is 50.5 Å². The lowest BCUT2D eigenvalue weighted by Crippen LogP contribution is -1.89. The van der Waals surface area contributed by atoms with Crippen LogP contribution in [0.4, 0.5) is 5.69 Å². The highest BCUT2D eigenvalue weighted by Crippen LogP contribution is 2.26. The van der Waals surface area contributed by atoms with Gasteiger partial charge in [0.2, 0.25) is 0 Å². The molecule has 0 amide bonds. The molecule has 0 radical (unpaired) electrons. The standard InChI is InChI=1S/C11H10N6O2/c12-16-13-4-2-1-3-8-5-10-9(7-14-15-10)11(6-8)17(18)19/h1,3,5-7H,2,4H2,(H,14,15). The molecule has 0 bridgehead atoms. The van der Waals surface area contributed by atoms with E-state index in [0.717, 1.165) is 0 Å². The average molecular weight is 258 g/mol. The lowest BCUT2D eigenvalue weighted by Gasteiger charge is -1.97. The van der Waals surface area contributed by atoms with Gasteiger partial charge in [-0.3, -0.25) is 15.2 Å². The normalized spacial score (nSPS) is 10.7. The van der Waals surface area contributed by atoms with Crippen molar-refractivity contribution in [3.63, 3.8) is 0 Å². The van der Waals surface area contributed by atoms with Gasteiger partial charge in [0.1, 0.15) is 0 Å². The molecule has 2 aromatic rings. The van der Waals surface area contributed by atoms with Crippen LogP contribution in [0.5, 0.6) is 0 Å². The summed E-state index contributed by atoms with van der Waals surface area (Å²) in [6.45, 7) is 0.362. The molecule has 2 rings (SSSR count). The van der Waals surface area contributed by atoms with Gasteiger partial charge < -0.3 is 0 Å². The van der Waals surface area contributed by atoms with Crippen molar-refractivity contribution in [2.75, 3.05) is 6.54 Å². The number of non-ortho nitro benzene ring substituents is 1. The average Bonchev–Trinajstić information content (AvgIpc) is 2.85. The van der Waals surface area contributed by atoms with Crippen LogP contribution in [0.15, 0.2) is 29.5 Å². The Hall–Kier alpha value is -2.86. The molecule has 0 aliphatic carbocycles. The zero-order valence-electron chi connectivity index (χ0n) is 9.85. The third kappa shape index (κ3) is 2.88. The summed E-state index contributed by atoms with van der Waals surface area (Å²) in [5.74, 6) is 0. The van der Waals surface area contributed by atoms with Gasteiger partial charge in [-0.2, -0.15) is 5.10 Å². The minimum atomic E-state index is -0.435. The Morgan fingerprint density at radius 1 is 1.58 bits per heavy atom. The fourth-order valence-electron chi connectivity index (χ4n) is 1.70. The van der Waals surface area contributed by atoms with Crippen LogP contribution in [0, 0.1) is 10.1 Å². The van der Waals surface area contributed by atoms with Gasteiger partial charge in [-0.1, -0.05) is 17.3 Å². The van der Waals surface area contributed by atoms with Crippen LogP contribution >= 0.6 is 0 Å². The molecule has 0 unspecified atom stereocenters. The molecule has 19 heavy (non-hydrogen) atoms. The molecular weight excluding hydrogens is 248 g/mol. The zero-order chi connectivity index (χ0) is 13.7. The first-order chi connectivity index (χ1) is 9.22. The van der Waals surface area contributed by atoms with Crippen molar-refractivity contribution in [2.45, 2.75) is 6.42 Å². The Morgan fingerprint density at radius 3 is 3.16 bits per heavy atom. The van der Waals surface area contributed by atoms with Crippen molar-refractivity contribution >= 4 is 22.7 Å². The van der Waals surface area contributed by atoms with E-state index in [9.17, 15) is 10.1 Å². The zero-order valence-corrected chi connectivity index (χ0v) is 9.85. The summed E-state index contributed by atoms with van der Waals surface area (Å²) < 4.78 is 0. The molecule has 8 heteroatoms. The van der Waals surface area contributed by atoms with E-state index in [4.69, 9.17) is 5.53 Å². The second kappa shape index (κ2) is 5.65. The molecule has 0 aliphatic heterocycles. The molecule has 1 heterocycles. The number of nitro groups is 1. The number of nitro benzene ring substituents is 1. The highest BCUT2D eigenvalue weighted by molar-refractivity contribution is 5.89. The van der Waals surface area contributed by atoms with E-state index < -0.39 is 4.92 Å². The smallest absolute Gasteiger partial charge is 0.278 e. The van der Waals surface area contributed by atoms with Crippen LogP contribution in [0.3, 0.4) is 0 Å². The van der Waals surface area contributed by atoms with E-state index in [0.29, 0.717) is 29.4 Å². The third-order valence-corrected chi connectivity index (χ3v) is 2.53. The van der Waals surface area contributed by atoms with Gasteiger partial charge in [-0.15, -0.1) is 0 Å². The monoisotopic (exact) mass is 258 g/mol. The van der Waals surface area contributed by atoms with Crippen LogP contribution in [0.2, 0.25) is 0 Å².